The molecule has 1 aromatic heterocycles. The molecule has 0 aliphatic rings. The second-order valence-corrected chi connectivity index (χ2v) is 9.20. The van der Waals surface area contributed by atoms with E-state index in [0.717, 1.165) is 18.1 Å². The van der Waals surface area contributed by atoms with E-state index < -0.39 is 12.0 Å². The summed E-state index contributed by atoms with van der Waals surface area (Å²) in [6.07, 6.45) is 0.954. The number of aromatic nitrogens is 2. The fraction of sp³-hybridized carbons (Fsp3) is 0.207. The molecule has 0 spiro atoms. The van der Waals surface area contributed by atoms with Gasteiger partial charge in [0.05, 0.1) is 6.42 Å². The smallest absolute Gasteiger partial charge is 0.298 e. The standard InChI is InChI=1S/C29H26ClF2N3O3/c1-18(24-5-3-4-6-25(24)30)38-28-27(33-15-16-34-28)21-9-13-23(14-10-21)35-26(37)17-20-7-11-22(12-8-20)29(31,32)19(2)36/h3-16,18-19,36H,17H2,1-2H3,(H,35,37)/t18-,19?/m0/s1. The van der Waals surface area contributed by atoms with Gasteiger partial charge in [0.15, 0.2) is 0 Å². The first kappa shape index (κ1) is 27.2. The van der Waals surface area contributed by atoms with Crippen LogP contribution in [0, 0.1) is 0 Å². The summed E-state index contributed by atoms with van der Waals surface area (Å²) in [5.41, 5.74) is 2.94. The first-order chi connectivity index (χ1) is 18.1. The van der Waals surface area contributed by atoms with Crippen LogP contribution in [-0.2, 0) is 17.1 Å². The average molecular weight is 538 g/mol. The van der Waals surface area contributed by atoms with Crippen molar-refractivity contribution in [1.82, 2.24) is 9.97 Å². The molecule has 9 heteroatoms. The number of aliphatic hydroxyl groups is 1. The van der Waals surface area contributed by atoms with Crippen LogP contribution in [0.3, 0.4) is 0 Å². The predicted molar refractivity (Wildman–Crippen MR) is 142 cm³/mol. The molecule has 0 fully saturated rings. The number of ether oxygens (including phenoxy) is 1. The number of rotatable bonds is 9. The van der Waals surface area contributed by atoms with Crippen molar-refractivity contribution in [3.63, 3.8) is 0 Å². The molecular formula is C29H26ClF2N3O3. The van der Waals surface area contributed by atoms with Gasteiger partial charge in [-0.15, -0.1) is 0 Å². The molecule has 1 heterocycles. The molecule has 6 nitrogen and oxygen atoms in total. The topological polar surface area (TPSA) is 84.3 Å². The van der Waals surface area contributed by atoms with Crippen LogP contribution in [0.5, 0.6) is 5.88 Å². The Kier molecular flexibility index (Phi) is 8.34. The third kappa shape index (κ3) is 6.33. The van der Waals surface area contributed by atoms with E-state index in [-0.39, 0.29) is 24.0 Å². The van der Waals surface area contributed by atoms with Gasteiger partial charge in [-0.25, -0.2) is 9.97 Å². The van der Waals surface area contributed by atoms with E-state index in [1.54, 1.807) is 42.7 Å². The Morgan fingerprint density at radius 1 is 1.00 bits per heavy atom. The van der Waals surface area contributed by atoms with Crippen LogP contribution >= 0.6 is 11.6 Å². The van der Waals surface area contributed by atoms with Crippen LogP contribution in [0.4, 0.5) is 14.5 Å². The lowest BCUT2D eigenvalue weighted by molar-refractivity contribution is -0.115. The van der Waals surface area contributed by atoms with E-state index in [4.69, 9.17) is 16.3 Å². The minimum atomic E-state index is -3.36. The van der Waals surface area contributed by atoms with Crippen LogP contribution < -0.4 is 10.1 Å². The Balaban J connectivity index is 1.41. The highest BCUT2D eigenvalue weighted by Crippen LogP contribution is 2.33. The first-order valence-electron chi connectivity index (χ1n) is 11.9. The zero-order chi connectivity index (χ0) is 27.3. The zero-order valence-electron chi connectivity index (χ0n) is 20.7. The molecule has 0 bridgehead atoms. The van der Waals surface area contributed by atoms with Gasteiger partial charge in [-0.1, -0.05) is 66.2 Å². The Morgan fingerprint density at radius 2 is 1.66 bits per heavy atom. The van der Waals surface area contributed by atoms with Crippen LogP contribution in [-0.4, -0.2) is 27.1 Å². The molecule has 1 unspecified atom stereocenters. The maximum absolute atomic E-state index is 13.9. The van der Waals surface area contributed by atoms with Gasteiger partial charge in [-0.3, -0.25) is 4.79 Å². The molecule has 0 radical (unpaired) electrons. The summed E-state index contributed by atoms with van der Waals surface area (Å²) in [7, 11) is 0. The Morgan fingerprint density at radius 3 is 2.32 bits per heavy atom. The molecule has 0 saturated heterocycles. The molecule has 2 atom stereocenters. The van der Waals surface area contributed by atoms with Crippen LogP contribution in [0.2, 0.25) is 5.02 Å². The minimum absolute atomic E-state index is 0.00433. The number of hydrogen-bond acceptors (Lipinski definition) is 5. The van der Waals surface area contributed by atoms with E-state index >= 15 is 0 Å². The van der Waals surface area contributed by atoms with Crippen molar-refractivity contribution in [1.29, 1.82) is 0 Å². The van der Waals surface area contributed by atoms with Crippen molar-refractivity contribution in [2.24, 2.45) is 0 Å². The number of carbonyl (C=O) groups excluding carboxylic acids is 1. The molecule has 2 N–H and O–H groups in total. The van der Waals surface area contributed by atoms with Gasteiger partial charge in [0.25, 0.3) is 5.92 Å². The number of anilines is 1. The van der Waals surface area contributed by atoms with Gasteiger partial charge in [-0.2, -0.15) is 8.78 Å². The van der Waals surface area contributed by atoms with Gasteiger partial charge < -0.3 is 15.2 Å². The number of alkyl halides is 2. The SMILES string of the molecule is CC(O)C(F)(F)c1ccc(CC(=O)Nc2ccc(-c3nccnc3O[C@@H](C)c3ccccc3Cl)cc2)cc1. The number of aliphatic hydroxyl groups excluding tert-OH is 1. The molecular weight excluding hydrogens is 512 g/mol. The summed E-state index contributed by atoms with van der Waals surface area (Å²) in [5.74, 6) is -3.31. The van der Waals surface area contributed by atoms with E-state index in [0.29, 0.717) is 27.8 Å². The molecule has 3 aromatic carbocycles. The van der Waals surface area contributed by atoms with E-state index in [1.807, 2.05) is 25.1 Å². The number of carbonyl (C=O) groups is 1. The zero-order valence-corrected chi connectivity index (χ0v) is 21.5. The Bertz CT molecular complexity index is 1400. The van der Waals surface area contributed by atoms with Crippen molar-refractivity contribution < 1.29 is 23.4 Å². The van der Waals surface area contributed by atoms with Crippen LogP contribution in [0.15, 0.2) is 85.2 Å². The van der Waals surface area contributed by atoms with Gasteiger partial charge in [0, 0.05) is 39.8 Å². The molecule has 4 rings (SSSR count). The van der Waals surface area contributed by atoms with Crippen molar-refractivity contribution in [3.05, 3.63) is 107 Å². The molecule has 4 aromatic rings. The number of amides is 1. The molecule has 0 aliphatic heterocycles. The van der Waals surface area contributed by atoms with E-state index in [9.17, 15) is 18.7 Å². The van der Waals surface area contributed by atoms with Gasteiger partial charge in [0.1, 0.15) is 17.9 Å². The number of hydrogen-bond donors (Lipinski definition) is 2. The fourth-order valence-electron chi connectivity index (χ4n) is 3.83. The molecule has 1 amide bonds. The molecule has 196 valence electrons. The molecule has 0 saturated carbocycles. The van der Waals surface area contributed by atoms with Crippen LogP contribution in [0.25, 0.3) is 11.3 Å². The summed E-state index contributed by atoms with van der Waals surface area (Å²) in [5, 5.41) is 12.7. The van der Waals surface area contributed by atoms with Crippen LogP contribution in [0.1, 0.15) is 36.6 Å². The van der Waals surface area contributed by atoms with Crippen molar-refractivity contribution in [2.45, 2.75) is 38.4 Å². The number of benzene rings is 3. The second kappa shape index (κ2) is 11.7. The average Bonchev–Trinajstić information content (AvgIpc) is 2.90. The summed E-state index contributed by atoms with van der Waals surface area (Å²) in [4.78, 5) is 21.3. The van der Waals surface area contributed by atoms with E-state index in [1.165, 1.54) is 24.3 Å². The lowest BCUT2D eigenvalue weighted by atomic mass is 10.0. The highest BCUT2D eigenvalue weighted by molar-refractivity contribution is 6.31. The number of nitrogens with one attached hydrogen (secondary N) is 1. The summed E-state index contributed by atoms with van der Waals surface area (Å²) >= 11 is 6.30. The lowest BCUT2D eigenvalue weighted by Crippen LogP contribution is -2.27. The molecule has 38 heavy (non-hydrogen) atoms. The quantitative estimate of drug-likeness (QED) is 0.251. The second-order valence-electron chi connectivity index (χ2n) is 8.79. The Labute approximate surface area is 224 Å². The first-order valence-corrected chi connectivity index (χ1v) is 12.3. The predicted octanol–water partition coefficient (Wildman–Crippen LogP) is 6.59. The van der Waals surface area contributed by atoms with E-state index in [2.05, 4.69) is 15.3 Å². The third-order valence-electron chi connectivity index (χ3n) is 5.97. The maximum atomic E-state index is 13.9. The highest BCUT2D eigenvalue weighted by atomic mass is 35.5. The normalized spacial score (nSPS) is 13.0. The number of halogens is 3. The monoisotopic (exact) mass is 537 g/mol. The summed E-state index contributed by atoms with van der Waals surface area (Å²) in [6, 6.07) is 19.8. The summed E-state index contributed by atoms with van der Waals surface area (Å²) in [6.45, 7) is 2.91. The van der Waals surface area contributed by atoms with Gasteiger partial charge >= 0.3 is 0 Å². The Hall–Kier alpha value is -3.88. The van der Waals surface area contributed by atoms with Crippen molar-refractivity contribution >= 4 is 23.2 Å². The van der Waals surface area contributed by atoms with Gasteiger partial charge in [0.2, 0.25) is 11.8 Å². The van der Waals surface area contributed by atoms with Gasteiger partial charge in [-0.05, 0) is 37.6 Å². The summed E-state index contributed by atoms with van der Waals surface area (Å²) < 4.78 is 34.0. The van der Waals surface area contributed by atoms with Crippen molar-refractivity contribution in [3.8, 4) is 17.1 Å². The minimum Gasteiger partial charge on any atom is -0.468 e. The largest absolute Gasteiger partial charge is 0.468 e. The fourth-order valence-corrected chi connectivity index (χ4v) is 4.12. The third-order valence-corrected chi connectivity index (χ3v) is 6.31. The molecule has 0 aliphatic carbocycles. The van der Waals surface area contributed by atoms with Crippen molar-refractivity contribution in [2.75, 3.05) is 5.32 Å². The maximum Gasteiger partial charge on any atom is 0.298 e. The number of nitrogens with zero attached hydrogens (tertiary/aromatic N) is 2. The lowest BCUT2D eigenvalue weighted by Gasteiger charge is -2.19. The highest BCUT2D eigenvalue weighted by Gasteiger charge is 2.37.